The molecule has 3 aromatic rings. The van der Waals surface area contributed by atoms with Crippen molar-refractivity contribution in [3.63, 3.8) is 0 Å². The summed E-state index contributed by atoms with van der Waals surface area (Å²) in [6.07, 6.45) is 5.25. The highest BCUT2D eigenvalue weighted by molar-refractivity contribution is 5.83. The van der Waals surface area contributed by atoms with Crippen LogP contribution in [0.2, 0.25) is 0 Å². The molecule has 3 heterocycles. The number of carbonyl (C=O) groups excluding carboxylic acids is 1. The number of aromatic nitrogens is 2. The van der Waals surface area contributed by atoms with E-state index in [0.29, 0.717) is 0 Å². The Hall–Kier alpha value is -3.05. The van der Waals surface area contributed by atoms with Gasteiger partial charge in [-0.1, -0.05) is 36.4 Å². The summed E-state index contributed by atoms with van der Waals surface area (Å²) in [6.45, 7) is 4.44. The first-order valence-electron chi connectivity index (χ1n) is 10.8. The van der Waals surface area contributed by atoms with Crippen LogP contribution < -0.4 is 0 Å². The number of hydrogen-bond acceptors (Lipinski definition) is 4. The molecule has 0 spiro atoms. The van der Waals surface area contributed by atoms with Crippen LogP contribution in [-0.2, 0) is 17.8 Å². The first-order chi connectivity index (χ1) is 14.9. The van der Waals surface area contributed by atoms with Crippen molar-refractivity contribution in [3.05, 3.63) is 83.9 Å². The summed E-state index contributed by atoms with van der Waals surface area (Å²) in [5, 5.41) is 0. The molecule has 1 amide bonds. The van der Waals surface area contributed by atoms with E-state index >= 15 is 0 Å². The van der Waals surface area contributed by atoms with E-state index in [-0.39, 0.29) is 5.91 Å². The predicted octanol–water partition coefficient (Wildman–Crippen LogP) is 3.98. The lowest BCUT2D eigenvalue weighted by molar-refractivity contribution is -0.138. The van der Waals surface area contributed by atoms with Crippen LogP contribution in [0.4, 0.5) is 0 Å². The molecular weight excluding hydrogens is 384 g/mol. The number of carbonyl (C=O) groups is 1. The zero-order chi connectivity index (χ0) is 21.8. The second-order valence-corrected chi connectivity index (χ2v) is 8.83. The lowest BCUT2D eigenvalue weighted by atomic mass is 9.79. The largest absolute Gasteiger partial charge is 0.348 e. The van der Waals surface area contributed by atoms with Crippen LogP contribution in [0, 0.1) is 12.3 Å². The molecule has 1 aliphatic rings. The van der Waals surface area contributed by atoms with Crippen molar-refractivity contribution in [3.8, 4) is 11.1 Å². The molecule has 0 aliphatic carbocycles. The lowest BCUT2D eigenvalue weighted by Gasteiger charge is -2.31. The maximum absolute atomic E-state index is 13.4. The van der Waals surface area contributed by atoms with Crippen molar-refractivity contribution in [2.24, 2.45) is 5.41 Å². The number of pyridine rings is 2. The fourth-order valence-corrected chi connectivity index (χ4v) is 4.66. The van der Waals surface area contributed by atoms with Gasteiger partial charge in [-0.3, -0.25) is 19.7 Å². The van der Waals surface area contributed by atoms with E-state index in [4.69, 9.17) is 0 Å². The van der Waals surface area contributed by atoms with Crippen LogP contribution in [0.1, 0.15) is 23.4 Å². The highest BCUT2D eigenvalue weighted by Gasteiger charge is 2.45. The third kappa shape index (κ3) is 4.83. The summed E-state index contributed by atoms with van der Waals surface area (Å²) < 4.78 is 0. The van der Waals surface area contributed by atoms with E-state index in [1.54, 1.807) is 11.1 Å². The topological polar surface area (TPSA) is 49.3 Å². The second kappa shape index (κ2) is 8.98. The summed E-state index contributed by atoms with van der Waals surface area (Å²) in [5.74, 6) is 0.207. The van der Waals surface area contributed by atoms with Gasteiger partial charge in [-0.25, -0.2) is 0 Å². The molecule has 1 saturated heterocycles. The number of nitrogens with zero attached hydrogens (tertiary/aromatic N) is 4. The molecule has 0 unspecified atom stereocenters. The Kier molecular flexibility index (Phi) is 6.14. The van der Waals surface area contributed by atoms with Gasteiger partial charge in [-0.05, 0) is 61.2 Å². The minimum absolute atomic E-state index is 0.207. The number of benzene rings is 1. The zero-order valence-electron chi connectivity index (χ0n) is 18.6. The molecule has 4 rings (SSSR count). The van der Waals surface area contributed by atoms with Gasteiger partial charge in [0.25, 0.3) is 0 Å². The average molecular weight is 415 g/mol. The average Bonchev–Trinajstić information content (AvgIpc) is 3.17. The number of amides is 1. The molecule has 1 fully saturated rings. The smallest absolute Gasteiger partial charge is 0.229 e. The fraction of sp³-hybridized carbons (Fsp3) is 0.346. The van der Waals surface area contributed by atoms with Gasteiger partial charge in [-0.2, -0.15) is 0 Å². The molecule has 160 valence electrons. The molecule has 2 aromatic heterocycles. The van der Waals surface area contributed by atoms with E-state index in [0.717, 1.165) is 55.0 Å². The van der Waals surface area contributed by atoms with Gasteiger partial charge in [0.2, 0.25) is 5.91 Å². The summed E-state index contributed by atoms with van der Waals surface area (Å²) in [5.41, 5.74) is 5.09. The second-order valence-electron chi connectivity index (χ2n) is 8.83. The molecule has 0 radical (unpaired) electrons. The third-order valence-corrected chi connectivity index (χ3v) is 6.09. The van der Waals surface area contributed by atoms with E-state index in [2.05, 4.69) is 57.3 Å². The molecule has 5 nitrogen and oxygen atoms in total. The molecule has 0 saturated carbocycles. The first-order valence-corrected chi connectivity index (χ1v) is 10.8. The Bertz CT molecular complexity index is 1050. The normalized spacial score (nSPS) is 18.8. The molecular formula is C26H30N4O. The summed E-state index contributed by atoms with van der Waals surface area (Å²) in [6, 6.07) is 18.7. The molecule has 31 heavy (non-hydrogen) atoms. The standard InChI is InChI=1S/C26H30N4O/c1-20-7-4-11-24(28-20)18-30-14-12-26(19-30,25(31)29(2)3)16-21-8-5-9-22(15-21)23-10-6-13-27-17-23/h4-11,13,15,17H,12,14,16,18-19H2,1-3H3/t26-/m0/s1. The third-order valence-electron chi connectivity index (χ3n) is 6.09. The molecule has 1 aliphatic heterocycles. The summed E-state index contributed by atoms with van der Waals surface area (Å²) in [4.78, 5) is 26.4. The zero-order valence-corrected chi connectivity index (χ0v) is 18.6. The van der Waals surface area contributed by atoms with Crippen LogP contribution in [0.3, 0.4) is 0 Å². The van der Waals surface area contributed by atoms with Gasteiger partial charge in [0.1, 0.15) is 0 Å². The first kappa shape index (κ1) is 21.2. The van der Waals surface area contributed by atoms with Crippen LogP contribution in [0.15, 0.2) is 67.0 Å². The maximum Gasteiger partial charge on any atom is 0.229 e. The van der Waals surface area contributed by atoms with Crippen LogP contribution in [0.5, 0.6) is 0 Å². The minimum Gasteiger partial charge on any atom is -0.348 e. The van der Waals surface area contributed by atoms with Gasteiger partial charge in [0.15, 0.2) is 0 Å². The van der Waals surface area contributed by atoms with E-state index < -0.39 is 5.41 Å². The monoisotopic (exact) mass is 414 g/mol. The summed E-state index contributed by atoms with van der Waals surface area (Å²) >= 11 is 0. The van der Waals surface area contributed by atoms with Crippen LogP contribution in [-0.4, -0.2) is 52.9 Å². The number of likely N-dealkylation sites (tertiary alicyclic amines) is 1. The Balaban J connectivity index is 1.57. The van der Waals surface area contributed by atoms with Crippen molar-refractivity contribution in [1.82, 2.24) is 19.8 Å². The Morgan fingerprint density at radius 2 is 1.90 bits per heavy atom. The van der Waals surface area contributed by atoms with Gasteiger partial charge in [0, 0.05) is 45.3 Å². The number of aryl methyl sites for hydroxylation is 1. The Morgan fingerprint density at radius 3 is 2.65 bits per heavy atom. The van der Waals surface area contributed by atoms with E-state index in [1.807, 2.05) is 39.3 Å². The van der Waals surface area contributed by atoms with Crippen LogP contribution in [0.25, 0.3) is 11.1 Å². The van der Waals surface area contributed by atoms with Crippen molar-refractivity contribution >= 4 is 5.91 Å². The van der Waals surface area contributed by atoms with Crippen molar-refractivity contribution in [2.45, 2.75) is 26.3 Å². The quantitative estimate of drug-likeness (QED) is 0.612. The maximum atomic E-state index is 13.4. The van der Waals surface area contributed by atoms with Gasteiger partial charge >= 0.3 is 0 Å². The Labute approximate surface area is 184 Å². The van der Waals surface area contributed by atoms with Gasteiger partial charge in [-0.15, -0.1) is 0 Å². The van der Waals surface area contributed by atoms with E-state index in [9.17, 15) is 4.79 Å². The number of rotatable bonds is 6. The highest BCUT2D eigenvalue weighted by Crippen LogP contribution is 2.37. The fourth-order valence-electron chi connectivity index (χ4n) is 4.66. The van der Waals surface area contributed by atoms with Crippen molar-refractivity contribution in [2.75, 3.05) is 27.2 Å². The van der Waals surface area contributed by atoms with E-state index in [1.165, 1.54) is 5.56 Å². The molecule has 5 heteroatoms. The lowest BCUT2D eigenvalue weighted by Crippen LogP contribution is -2.44. The Morgan fingerprint density at radius 1 is 1.10 bits per heavy atom. The van der Waals surface area contributed by atoms with Crippen LogP contribution >= 0.6 is 0 Å². The molecule has 0 N–H and O–H groups in total. The minimum atomic E-state index is -0.416. The predicted molar refractivity (Wildman–Crippen MR) is 123 cm³/mol. The SMILES string of the molecule is Cc1cccc(CN2CC[C@@](Cc3cccc(-c4cccnc4)c3)(C(=O)N(C)C)C2)n1. The molecule has 1 aromatic carbocycles. The summed E-state index contributed by atoms with van der Waals surface area (Å²) in [7, 11) is 3.72. The molecule has 0 bridgehead atoms. The van der Waals surface area contributed by atoms with Crippen molar-refractivity contribution < 1.29 is 4.79 Å². The van der Waals surface area contributed by atoms with Gasteiger partial charge in [0.05, 0.1) is 11.1 Å². The molecule has 1 atom stereocenters. The highest BCUT2D eigenvalue weighted by atomic mass is 16.2. The number of hydrogen-bond donors (Lipinski definition) is 0. The van der Waals surface area contributed by atoms with Gasteiger partial charge < -0.3 is 4.90 Å². The van der Waals surface area contributed by atoms with Crippen molar-refractivity contribution in [1.29, 1.82) is 0 Å².